The smallest absolute Gasteiger partial charge is 0.214 e. The number of sulfonamides is 1. The Morgan fingerprint density at radius 2 is 2.12 bits per heavy atom. The second-order valence-electron chi connectivity index (χ2n) is 6.37. The first kappa shape index (κ1) is 17.1. The maximum absolute atomic E-state index is 12.2. The number of aromatic nitrogens is 4. The molecular formula is C15H23N5O3S. The number of nitrogens with zero attached hydrogens (tertiary/aromatic N) is 5. The van der Waals surface area contributed by atoms with Crippen LogP contribution < -0.4 is 0 Å². The topological polar surface area (TPSA) is 82.2 Å². The molecule has 0 saturated carbocycles. The molecule has 2 atom stereocenters. The van der Waals surface area contributed by atoms with Crippen LogP contribution in [0.15, 0.2) is 18.6 Å². The maximum atomic E-state index is 12.2. The van der Waals surface area contributed by atoms with E-state index in [9.17, 15) is 8.42 Å². The van der Waals surface area contributed by atoms with Gasteiger partial charge < -0.3 is 13.9 Å². The minimum absolute atomic E-state index is 0.0591. The van der Waals surface area contributed by atoms with Crippen molar-refractivity contribution in [2.24, 2.45) is 13.0 Å². The van der Waals surface area contributed by atoms with E-state index in [1.54, 1.807) is 20.3 Å². The zero-order chi connectivity index (χ0) is 17.5. The molecule has 3 rings (SSSR count). The fraction of sp³-hybridized carbons (Fsp3) is 0.600. The first-order valence-corrected chi connectivity index (χ1v) is 9.41. The van der Waals surface area contributed by atoms with Crippen LogP contribution in [0.1, 0.15) is 11.9 Å². The van der Waals surface area contributed by atoms with Crippen molar-refractivity contribution in [1.82, 2.24) is 23.4 Å². The van der Waals surface area contributed by atoms with Crippen LogP contribution in [-0.2, 0) is 21.8 Å². The molecule has 24 heavy (non-hydrogen) atoms. The summed E-state index contributed by atoms with van der Waals surface area (Å²) in [5.41, 5.74) is 0.779. The number of ether oxygens (including phenoxy) is 1. The molecule has 1 aliphatic rings. The monoisotopic (exact) mass is 353 g/mol. The first-order valence-electron chi connectivity index (χ1n) is 7.80. The van der Waals surface area contributed by atoms with E-state index in [1.165, 1.54) is 4.31 Å². The zero-order valence-corrected chi connectivity index (χ0v) is 15.2. The van der Waals surface area contributed by atoms with Crippen LogP contribution in [0.3, 0.4) is 0 Å². The lowest BCUT2D eigenvalue weighted by molar-refractivity contribution is 0.182. The van der Waals surface area contributed by atoms with Crippen molar-refractivity contribution in [3.63, 3.8) is 0 Å². The van der Waals surface area contributed by atoms with Crippen LogP contribution in [0, 0.1) is 12.8 Å². The van der Waals surface area contributed by atoms with Gasteiger partial charge in [0.2, 0.25) is 10.0 Å². The molecule has 132 valence electrons. The molecule has 0 bridgehead atoms. The number of imidazole rings is 2. The predicted octanol–water partition coefficient (Wildman–Crippen LogP) is 0.671. The minimum Gasteiger partial charge on any atom is -0.379 e. The lowest BCUT2D eigenvalue weighted by atomic mass is 10.1. The van der Waals surface area contributed by atoms with E-state index in [0.29, 0.717) is 13.2 Å². The summed E-state index contributed by atoms with van der Waals surface area (Å²) in [5.74, 6) is 1.58. The Bertz CT molecular complexity index is 805. The highest BCUT2D eigenvalue weighted by atomic mass is 32.2. The SMILES string of the molecule is Cc1nc(-c2nccn2[C@@H]2COC[C@H]2CS(=O)(=O)N(C)C)cn1C. The van der Waals surface area contributed by atoms with Gasteiger partial charge in [0.1, 0.15) is 11.5 Å². The summed E-state index contributed by atoms with van der Waals surface area (Å²) >= 11 is 0. The maximum Gasteiger partial charge on any atom is 0.214 e. The fourth-order valence-electron chi connectivity index (χ4n) is 2.92. The summed E-state index contributed by atoms with van der Waals surface area (Å²) in [6, 6.07) is -0.0699. The molecule has 1 fully saturated rings. The van der Waals surface area contributed by atoms with Crippen molar-refractivity contribution in [2.75, 3.05) is 33.1 Å². The lowest BCUT2D eigenvalue weighted by Gasteiger charge is -2.22. The standard InChI is InChI=1S/C15H23N5O3S/c1-11-17-13(7-19(11)4)15-16-5-6-20(15)14-9-23-8-12(14)10-24(21,22)18(2)3/h5-7,12,14H,8-10H2,1-4H3/t12-,14+/m0/s1. The second-order valence-corrected chi connectivity index (χ2v) is 8.60. The summed E-state index contributed by atoms with van der Waals surface area (Å²) in [6.45, 7) is 2.83. The van der Waals surface area contributed by atoms with Gasteiger partial charge in [-0.25, -0.2) is 22.7 Å². The first-order chi connectivity index (χ1) is 11.3. The molecule has 0 amide bonds. The largest absolute Gasteiger partial charge is 0.379 e. The van der Waals surface area contributed by atoms with Gasteiger partial charge in [-0.3, -0.25) is 0 Å². The molecular weight excluding hydrogens is 330 g/mol. The number of hydrogen-bond acceptors (Lipinski definition) is 5. The molecule has 1 aliphatic heterocycles. The van der Waals surface area contributed by atoms with E-state index >= 15 is 0 Å². The molecule has 1 saturated heterocycles. The second kappa shape index (κ2) is 6.30. The van der Waals surface area contributed by atoms with E-state index in [4.69, 9.17) is 4.74 Å². The zero-order valence-electron chi connectivity index (χ0n) is 14.4. The van der Waals surface area contributed by atoms with Crippen LogP contribution in [0.25, 0.3) is 11.5 Å². The van der Waals surface area contributed by atoms with Gasteiger partial charge in [0.25, 0.3) is 0 Å². The number of rotatable bonds is 5. The third kappa shape index (κ3) is 3.11. The summed E-state index contributed by atoms with van der Waals surface area (Å²) in [7, 11) is 1.76. The van der Waals surface area contributed by atoms with Gasteiger partial charge in [0, 0.05) is 45.7 Å². The van der Waals surface area contributed by atoms with Gasteiger partial charge in [0.05, 0.1) is 25.0 Å². The van der Waals surface area contributed by atoms with Crippen LogP contribution in [0.2, 0.25) is 0 Å². The van der Waals surface area contributed by atoms with Crippen LogP contribution in [0.5, 0.6) is 0 Å². The third-order valence-electron chi connectivity index (χ3n) is 4.51. The van der Waals surface area contributed by atoms with E-state index in [0.717, 1.165) is 17.3 Å². The number of hydrogen-bond donors (Lipinski definition) is 0. The predicted molar refractivity (Wildman–Crippen MR) is 90.0 cm³/mol. The van der Waals surface area contributed by atoms with E-state index in [1.807, 2.05) is 35.5 Å². The average molecular weight is 353 g/mol. The molecule has 0 radical (unpaired) electrons. The summed E-state index contributed by atoms with van der Waals surface area (Å²) < 4.78 is 35.2. The molecule has 3 heterocycles. The fourth-order valence-corrected chi connectivity index (χ4v) is 4.08. The Morgan fingerprint density at radius 1 is 1.38 bits per heavy atom. The van der Waals surface area contributed by atoms with E-state index < -0.39 is 10.0 Å². The van der Waals surface area contributed by atoms with Crippen LogP contribution in [-0.4, -0.2) is 64.9 Å². The Balaban J connectivity index is 1.90. The molecule has 2 aromatic heterocycles. The molecule has 0 spiro atoms. The third-order valence-corrected chi connectivity index (χ3v) is 6.47. The molecule has 8 nitrogen and oxygen atoms in total. The van der Waals surface area contributed by atoms with Crippen molar-refractivity contribution >= 4 is 10.0 Å². The van der Waals surface area contributed by atoms with Crippen molar-refractivity contribution in [1.29, 1.82) is 0 Å². The minimum atomic E-state index is -3.29. The van der Waals surface area contributed by atoms with Gasteiger partial charge in [0.15, 0.2) is 5.82 Å². The van der Waals surface area contributed by atoms with Crippen LogP contribution >= 0.6 is 0 Å². The Morgan fingerprint density at radius 3 is 2.75 bits per heavy atom. The van der Waals surface area contributed by atoms with Crippen molar-refractivity contribution < 1.29 is 13.2 Å². The molecule has 0 N–H and O–H groups in total. The van der Waals surface area contributed by atoms with Gasteiger partial charge >= 0.3 is 0 Å². The normalized spacial score (nSPS) is 21.7. The van der Waals surface area contributed by atoms with Gasteiger partial charge in [-0.2, -0.15) is 0 Å². The summed E-state index contributed by atoms with van der Waals surface area (Å²) in [6.07, 6.45) is 5.51. The summed E-state index contributed by atoms with van der Waals surface area (Å²) in [5, 5.41) is 0. The average Bonchev–Trinajstić information content (AvgIpc) is 3.19. The Kier molecular flexibility index (Phi) is 4.50. The van der Waals surface area contributed by atoms with Crippen molar-refractivity contribution in [3.8, 4) is 11.5 Å². The Labute approximate surface area is 142 Å². The lowest BCUT2D eigenvalue weighted by Crippen LogP contribution is -2.32. The Hall–Kier alpha value is -1.71. The van der Waals surface area contributed by atoms with Gasteiger partial charge in [-0.1, -0.05) is 0 Å². The molecule has 0 aromatic carbocycles. The van der Waals surface area contributed by atoms with E-state index in [-0.39, 0.29) is 17.7 Å². The van der Waals surface area contributed by atoms with Crippen molar-refractivity contribution in [2.45, 2.75) is 13.0 Å². The van der Waals surface area contributed by atoms with Crippen molar-refractivity contribution in [3.05, 3.63) is 24.4 Å². The van der Waals surface area contributed by atoms with E-state index in [2.05, 4.69) is 9.97 Å². The number of aryl methyl sites for hydroxylation is 2. The molecule has 9 heteroatoms. The van der Waals surface area contributed by atoms with Gasteiger partial charge in [-0.15, -0.1) is 0 Å². The highest BCUT2D eigenvalue weighted by molar-refractivity contribution is 7.89. The molecule has 0 aliphatic carbocycles. The molecule has 0 unspecified atom stereocenters. The highest BCUT2D eigenvalue weighted by Gasteiger charge is 2.35. The van der Waals surface area contributed by atoms with Gasteiger partial charge in [-0.05, 0) is 6.92 Å². The van der Waals surface area contributed by atoms with Crippen LogP contribution in [0.4, 0.5) is 0 Å². The highest BCUT2D eigenvalue weighted by Crippen LogP contribution is 2.31. The quantitative estimate of drug-likeness (QED) is 0.789. The molecule has 2 aromatic rings. The summed E-state index contributed by atoms with van der Waals surface area (Å²) in [4.78, 5) is 8.95.